The first-order valence-electron chi connectivity index (χ1n) is 7.88. The molecule has 0 radical (unpaired) electrons. The fourth-order valence-corrected chi connectivity index (χ4v) is 3.03. The van der Waals surface area contributed by atoms with E-state index in [-0.39, 0.29) is 23.8 Å². The lowest BCUT2D eigenvalue weighted by molar-refractivity contribution is 0.0695. The molecule has 1 unspecified atom stereocenters. The Bertz CT molecular complexity index is 734. The number of aliphatic hydroxyl groups excluding tert-OH is 1. The Balaban J connectivity index is 1.58. The van der Waals surface area contributed by atoms with Gasteiger partial charge >= 0.3 is 5.97 Å². The van der Waals surface area contributed by atoms with Gasteiger partial charge in [0.15, 0.2) is 5.76 Å². The molecule has 6 nitrogen and oxygen atoms in total. The monoisotopic (exact) mass is 329 g/mol. The normalized spacial score (nSPS) is 17.2. The van der Waals surface area contributed by atoms with Crippen molar-refractivity contribution >= 4 is 11.9 Å². The van der Waals surface area contributed by atoms with E-state index in [1.807, 2.05) is 12.1 Å². The molecule has 0 saturated carbocycles. The molecular weight excluding hydrogens is 310 g/mol. The third-order valence-electron chi connectivity index (χ3n) is 4.33. The zero-order chi connectivity index (χ0) is 17.1. The second-order valence-corrected chi connectivity index (χ2v) is 6.04. The highest BCUT2D eigenvalue weighted by Crippen LogP contribution is 2.23. The third kappa shape index (κ3) is 3.49. The van der Waals surface area contributed by atoms with Crippen LogP contribution >= 0.6 is 0 Å². The number of carboxylic acids is 1. The highest BCUT2D eigenvalue weighted by atomic mass is 16.4. The minimum absolute atomic E-state index is 0.154. The number of likely N-dealkylation sites (tertiary alicyclic amines) is 1. The first kappa shape index (κ1) is 16.3. The maximum atomic E-state index is 12.4. The molecule has 1 aliphatic heterocycles. The van der Waals surface area contributed by atoms with Crippen LogP contribution in [0.5, 0.6) is 0 Å². The van der Waals surface area contributed by atoms with Gasteiger partial charge in [0.05, 0.1) is 5.56 Å². The molecule has 1 aliphatic rings. The van der Waals surface area contributed by atoms with Crippen LogP contribution in [-0.2, 0) is 13.0 Å². The summed E-state index contributed by atoms with van der Waals surface area (Å²) in [5.74, 6) is -0.103. The number of hydrogen-bond acceptors (Lipinski definition) is 4. The second kappa shape index (κ2) is 6.88. The van der Waals surface area contributed by atoms with E-state index in [9.17, 15) is 9.59 Å². The topological polar surface area (TPSA) is 91.0 Å². The molecule has 3 rings (SSSR count). The van der Waals surface area contributed by atoms with Crippen molar-refractivity contribution in [2.24, 2.45) is 5.92 Å². The quantitative estimate of drug-likeness (QED) is 0.877. The average molecular weight is 329 g/mol. The molecule has 0 bridgehead atoms. The van der Waals surface area contributed by atoms with E-state index in [1.165, 1.54) is 0 Å². The molecule has 2 aromatic rings. The first-order valence-corrected chi connectivity index (χ1v) is 7.88. The summed E-state index contributed by atoms with van der Waals surface area (Å²) >= 11 is 0. The predicted molar refractivity (Wildman–Crippen MR) is 85.7 cm³/mol. The van der Waals surface area contributed by atoms with Gasteiger partial charge in [-0.15, -0.1) is 0 Å². The van der Waals surface area contributed by atoms with Gasteiger partial charge in [-0.2, -0.15) is 0 Å². The number of benzene rings is 1. The summed E-state index contributed by atoms with van der Waals surface area (Å²) in [6.07, 6.45) is 1.71. The summed E-state index contributed by atoms with van der Waals surface area (Å²) in [7, 11) is 0. The van der Waals surface area contributed by atoms with Gasteiger partial charge in [-0.05, 0) is 48.6 Å². The number of carbonyl (C=O) groups is 2. The fourth-order valence-electron chi connectivity index (χ4n) is 3.03. The van der Waals surface area contributed by atoms with Crippen LogP contribution in [-0.4, -0.2) is 40.1 Å². The Labute approximate surface area is 139 Å². The second-order valence-electron chi connectivity index (χ2n) is 6.04. The highest BCUT2D eigenvalue weighted by molar-refractivity contribution is 5.91. The van der Waals surface area contributed by atoms with Crippen LogP contribution in [0.25, 0.3) is 0 Å². The Kier molecular flexibility index (Phi) is 4.66. The van der Waals surface area contributed by atoms with Gasteiger partial charge in [0.25, 0.3) is 5.91 Å². The van der Waals surface area contributed by atoms with E-state index in [0.717, 1.165) is 18.4 Å². The number of amides is 1. The standard InChI is InChI=1S/C18H19NO5/c20-11-15-5-6-16(24-15)17(21)19-8-7-13(10-19)9-12-1-3-14(4-2-12)18(22)23/h1-6,13,20H,7-11H2,(H,22,23). The smallest absolute Gasteiger partial charge is 0.335 e. The molecule has 126 valence electrons. The molecule has 1 fully saturated rings. The van der Waals surface area contributed by atoms with Crippen molar-refractivity contribution < 1.29 is 24.2 Å². The summed E-state index contributed by atoms with van der Waals surface area (Å²) in [5.41, 5.74) is 1.35. The molecule has 1 amide bonds. The number of rotatable bonds is 5. The van der Waals surface area contributed by atoms with E-state index >= 15 is 0 Å². The largest absolute Gasteiger partial charge is 0.478 e. The van der Waals surface area contributed by atoms with Crippen molar-refractivity contribution in [3.8, 4) is 0 Å². The van der Waals surface area contributed by atoms with E-state index in [2.05, 4.69) is 0 Å². The van der Waals surface area contributed by atoms with Crippen molar-refractivity contribution in [2.45, 2.75) is 19.4 Å². The van der Waals surface area contributed by atoms with Gasteiger partial charge < -0.3 is 19.5 Å². The van der Waals surface area contributed by atoms with Crippen molar-refractivity contribution in [3.63, 3.8) is 0 Å². The van der Waals surface area contributed by atoms with E-state index in [0.29, 0.717) is 24.8 Å². The lowest BCUT2D eigenvalue weighted by atomic mass is 9.98. The van der Waals surface area contributed by atoms with Gasteiger partial charge in [-0.1, -0.05) is 12.1 Å². The van der Waals surface area contributed by atoms with Crippen molar-refractivity contribution in [1.29, 1.82) is 0 Å². The maximum Gasteiger partial charge on any atom is 0.335 e. The third-order valence-corrected chi connectivity index (χ3v) is 4.33. The number of aromatic carboxylic acids is 1. The molecule has 0 spiro atoms. The number of hydrogen-bond donors (Lipinski definition) is 2. The van der Waals surface area contributed by atoms with Crippen LogP contribution in [0.2, 0.25) is 0 Å². The summed E-state index contributed by atoms with van der Waals surface area (Å²) in [6, 6.07) is 10.1. The van der Waals surface area contributed by atoms with Gasteiger partial charge in [0.1, 0.15) is 12.4 Å². The van der Waals surface area contributed by atoms with Crippen molar-refractivity contribution in [3.05, 3.63) is 59.0 Å². The Morgan fingerprint density at radius 3 is 2.54 bits per heavy atom. The van der Waals surface area contributed by atoms with Crippen molar-refractivity contribution in [1.82, 2.24) is 4.90 Å². The van der Waals surface area contributed by atoms with E-state index in [1.54, 1.807) is 29.2 Å². The zero-order valence-corrected chi connectivity index (χ0v) is 13.1. The van der Waals surface area contributed by atoms with Crippen LogP contribution in [0.1, 0.15) is 38.7 Å². The maximum absolute atomic E-state index is 12.4. The number of furan rings is 1. The lowest BCUT2D eigenvalue weighted by Gasteiger charge is -2.15. The van der Waals surface area contributed by atoms with Crippen molar-refractivity contribution in [2.75, 3.05) is 13.1 Å². The average Bonchev–Trinajstić information content (AvgIpc) is 3.24. The van der Waals surface area contributed by atoms with Gasteiger partial charge in [-0.3, -0.25) is 4.79 Å². The van der Waals surface area contributed by atoms with E-state index in [4.69, 9.17) is 14.6 Å². The van der Waals surface area contributed by atoms with Gasteiger partial charge in [0.2, 0.25) is 0 Å². The summed E-state index contributed by atoms with van der Waals surface area (Å²) < 4.78 is 5.30. The molecule has 0 aliphatic carbocycles. The minimum Gasteiger partial charge on any atom is -0.478 e. The SMILES string of the molecule is O=C(O)c1ccc(CC2CCN(C(=O)c3ccc(CO)o3)C2)cc1. The summed E-state index contributed by atoms with van der Waals surface area (Å²) in [6.45, 7) is 1.10. The number of nitrogens with zero attached hydrogens (tertiary/aromatic N) is 1. The van der Waals surface area contributed by atoms with Crippen LogP contribution < -0.4 is 0 Å². The van der Waals surface area contributed by atoms with Gasteiger partial charge in [0, 0.05) is 13.1 Å². The van der Waals surface area contributed by atoms with Crippen LogP contribution in [0.4, 0.5) is 0 Å². The molecule has 1 aromatic carbocycles. The minimum atomic E-state index is -0.931. The molecular formula is C18H19NO5. The molecule has 2 N–H and O–H groups in total. The lowest BCUT2D eigenvalue weighted by Crippen LogP contribution is -2.28. The highest BCUT2D eigenvalue weighted by Gasteiger charge is 2.28. The van der Waals surface area contributed by atoms with Crippen LogP contribution in [0.3, 0.4) is 0 Å². The molecule has 24 heavy (non-hydrogen) atoms. The number of aliphatic hydroxyl groups is 1. The number of carbonyl (C=O) groups excluding carboxylic acids is 1. The first-order chi connectivity index (χ1) is 11.6. The summed E-state index contributed by atoms with van der Waals surface area (Å²) in [5, 5.41) is 17.9. The zero-order valence-electron chi connectivity index (χ0n) is 13.1. The molecule has 1 saturated heterocycles. The predicted octanol–water partition coefficient (Wildman–Crippen LogP) is 2.17. The van der Waals surface area contributed by atoms with Crippen LogP contribution in [0, 0.1) is 5.92 Å². The fraction of sp³-hybridized carbons (Fsp3) is 0.333. The Hall–Kier alpha value is -2.60. The summed E-state index contributed by atoms with van der Waals surface area (Å²) in [4.78, 5) is 25.0. The molecule has 1 aromatic heterocycles. The van der Waals surface area contributed by atoms with Gasteiger partial charge in [-0.25, -0.2) is 4.79 Å². The van der Waals surface area contributed by atoms with E-state index < -0.39 is 5.97 Å². The number of carboxylic acid groups (broad SMARTS) is 1. The molecule has 6 heteroatoms. The van der Waals surface area contributed by atoms with Crippen LogP contribution in [0.15, 0.2) is 40.8 Å². The molecule has 1 atom stereocenters. The Morgan fingerprint density at radius 1 is 1.17 bits per heavy atom. The Morgan fingerprint density at radius 2 is 1.92 bits per heavy atom. The molecule has 2 heterocycles.